The summed E-state index contributed by atoms with van der Waals surface area (Å²) in [6.07, 6.45) is 2.31. The number of aliphatic carboxylic acids is 1. The number of hydrogen-bond acceptors (Lipinski definition) is 2. The van der Waals surface area contributed by atoms with Gasteiger partial charge in [-0.05, 0) is 43.4 Å². The molecule has 1 atom stereocenters. The van der Waals surface area contributed by atoms with Crippen LogP contribution in [0.4, 0.5) is 4.39 Å². The molecule has 0 radical (unpaired) electrons. The third-order valence-electron chi connectivity index (χ3n) is 3.49. The van der Waals surface area contributed by atoms with Gasteiger partial charge in [0.05, 0.1) is 6.54 Å². The Morgan fingerprint density at radius 1 is 1.58 bits per heavy atom. The lowest BCUT2D eigenvalue weighted by molar-refractivity contribution is -0.139. The second-order valence-electron chi connectivity index (χ2n) is 5.11. The molecular formula is C14H17ClFNO2. The molecule has 0 aliphatic heterocycles. The van der Waals surface area contributed by atoms with Crippen LogP contribution in [0.5, 0.6) is 0 Å². The van der Waals surface area contributed by atoms with E-state index in [4.69, 9.17) is 16.7 Å². The van der Waals surface area contributed by atoms with Gasteiger partial charge in [0.1, 0.15) is 5.82 Å². The molecule has 0 heterocycles. The van der Waals surface area contributed by atoms with Crippen LogP contribution in [0, 0.1) is 11.7 Å². The Kier molecular flexibility index (Phi) is 4.42. The van der Waals surface area contributed by atoms with Crippen molar-refractivity contribution in [2.75, 3.05) is 13.1 Å². The maximum atomic E-state index is 13.1. The molecule has 104 valence electrons. The summed E-state index contributed by atoms with van der Waals surface area (Å²) >= 11 is 6.04. The SMILES string of the molecule is CC(c1ccc(F)cc1Cl)N(CC(=O)O)CC1CC1. The van der Waals surface area contributed by atoms with Crippen molar-refractivity contribution in [1.82, 2.24) is 4.90 Å². The fourth-order valence-corrected chi connectivity index (χ4v) is 2.53. The first-order chi connectivity index (χ1) is 8.97. The highest BCUT2D eigenvalue weighted by Gasteiger charge is 2.29. The Labute approximate surface area is 117 Å². The lowest BCUT2D eigenvalue weighted by Crippen LogP contribution is -2.34. The zero-order valence-electron chi connectivity index (χ0n) is 10.8. The summed E-state index contributed by atoms with van der Waals surface area (Å²) in [6, 6.07) is 4.12. The normalized spacial score (nSPS) is 16.6. The van der Waals surface area contributed by atoms with Gasteiger partial charge in [-0.3, -0.25) is 9.69 Å². The van der Waals surface area contributed by atoms with Crippen molar-refractivity contribution >= 4 is 17.6 Å². The van der Waals surface area contributed by atoms with Crippen molar-refractivity contribution in [1.29, 1.82) is 0 Å². The summed E-state index contributed by atoms with van der Waals surface area (Å²) in [4.78, 5) is 12.8. The number of benzene rings is 1. The molecule has 1 saturated carbocycles. The number of carboxylic acids is 1. The molecule has 1 N–H and O–H groups in total. The predicted molar refractivity (Wildman–Crippen MR) is 71.8 cm³/mol. The Bertz CT molecular complexity index is 477. The minimum atomic E-state index is -0.856. The van der Waals surface area contributed by atoms with Crippen LogP contribution >= 0.6 is 11.6 Å². The van der Waals surface area contributed by atoms with Gasteiger partial charge in [0.25, 0.3) is 0 Å². The van der Waals surface area contributed by atoms with E-state index in [1.165, 1.54) is 12.1 Å². The average molecular weight is 286 g/mol. The minimum Gasteiger partial charge on any atom is -0.480 e. The van der Waals surface area contributed by atoms with Gasteiger partial charge < -0.3 is 5.11 Å². The summed E-state index contributed by atoms with van der Waals surface area (Å²) in [6.45, 7) is 2.64. The zero-order chi connectivity index (χ0) is 14.0. The molecule has 3 nitrogen and oxygen atoms in total. The smallest absolute Gasteiger partial charge is 0.317 e. The van der Waals surface area contributed by atoms with E-state index < -0.39 is 5.97 Å². The molecular weight excluding hydrogens is 269 g/mol. The van der Waals surface area contributed by atoms with Crippen molar-refractivity contribution in [2.24, 2.45) is 5.92 Å². The molecule has 0 saturated heterocycles. The molecule has 1 aromatic carbocycles. The Morgan fingerprint density at radius 3 is 2.79 bits per heavy atom. The van der Waals surface area contributed by atoms with Gasteiger partial charge >= 0.3 is 5.97 Å². The van der Waals surface area contributed by atoms with Gasteiger partial charge in [-0.1, -0.05) is 17.7 Å². The molecule has 1 aromatic rings. The molecule has 0 spiro atoms. The first-order valence-corrected chi connectivity index (χ1v) is 6.76. The number of carboxylic acid groups (broad SMARTS) is 1. The maximum Gasteiger partial charge on any atom is 0.317 e. The van der Waals surface area contributed by atoms with E-state index in [0.717, 1.165) is 24.9 Å². The van der Waals surface area contributed by atoms with E-state index >= 15 is 0 Å². The van der Waals surface area contributed by atoms with Crippen molar-refractivity contribution in [2.45, 2.75) is 25.8 Å². The van der Waals surface area contributed by atoms with E-state index in [2.05, 4.69) is 0 Å². The van der Waals surface area contributed by atoms with Gasteiger partial charge in [-0.2, -0.15) is 0 Å². The second kappa shape index (κ2) is 5.88. The molecule has 1 unspecified atom stereocenters. The zero-order valence-corrected chi connectivity index (χ0v) is 11.5. The van der Waals surface area contributed by atoms with Gasteiger partial charge in [0.2, 0.25) is 0 Å². The van der Waals surface area contributed by atoms with Crippen LogP contribution in [0.2, 0.25) is 5.02 Å². The lowest BCUT2D eigenvalue weighted by Gasteiger charge is -2.28. The van der Waals surface area contributed by atoms with Crippen LogP contribution in [-0.2, 0) is 4.79 Å². The summed E-state index contributed by atoms with van der Waals surface area (Å²) in [5.74, 6) is -0.653. The van der Waals surface area contributed by atoms with Crippen LogP contribution in [-0.4, -0.2) is 29.1 Å². The van der Waals surface area contributed by atoms with Crippen molar-refractivity contribution in [3.8, 4) is 0 Å². The minimum absolute atomic E-state index is 0.0224. The summed E-state index contributed by atoms with van der Waals surface area (Å²) in [7, 11) is 0. The lowest BCUT2D eigenvalue weighted by atomic mass is 10.1. The van der Waals surface area contributed by atoms with Crippen LogP contribution in [0.3, 0.4) is 0 Å². The predicted octanol–water partition coefficient (Wildman–Crippen LogP) is 3.34. The van der Waals surface area contributed by atoms with E-state index in [-0.39, 0.29) is 18.4 Å². The van der Waals surface area contributed by atoms with Crippen molar-refractivity contribution in [3.05, 3.63) is 34.6 Å². The summed E-state index contributed by atoms with van der Waals surface area (Å²) in [5.41, 5.74) is 0.768. The molecule has 19 heavy (non-hydrogen) atoms. The van der Waals surface area contributed by atoms with Crippen LogP contribution in [0.15, 0.2) is 18.2 Å². The number of carbonyl (C=O) groups is 1. The highest BCUT2D eigenvalue weighted by molar-refractivity contribution is 6.31. The Morgan fingerprint density at radius 2 is 2.26 bits per heavy atom. The Balaban J connectivity index is 2.16. The van der Waals surface area contributed by atoms with E-state index in [1.54, 1.807) is 6.07 Å². The maximum absolute atomic E-state index is 13.1. The molecule has 1 fully saturated rings. The largest absolute Gasteiger partial charge is 0.480 e. The van der Waals surface area contributed by atoms with Gasteiger partial charge in [0.15, 0.2) is 0 Å². The van der Waals surface area contributed by atoms with Gasteiger partial charge in [-0.15, -0.1) is 0 Å². The molecule has 0 amide bonds. The highest BCUT2D eigenvalue weighted by Crippen LogP contribution is 2.34. The quantitative estimate of drug-likeness (QED) is 0.871. The number of rotatable bonds is 6. The molecule has 1 aliphatic rings. The van der Waals surface area contributed by atoms with Crippen LogP contribution < -0.4 is 0 Å². The van der Waals surface area contributed by atoms with E-state index in [1.807, 2.05) is 11.8 Å². The van der Waals surface area contributed by atoms with E-state index in [9.17, 15) is 9.18 Å². The third-order valence-corrected chi connectivity index (χ3v) is 3.82. The number of halogens is 2. The fraction of sp³-hybridized carbons (Fsp3) is 0.500. The van der Waals surface area contributed by atoms with Crippen molar-refractivity contribution < 1.29 is 14.3 Å². The topological polar surface area (TPSA) is 40.5 Å². The standard InChI is InChI=1S/C14H17ClFNO2/c1-9(12-5-4-11(16)6-13(12)15)17(8-14(18)19)7-10-2-3-10/h4-6,9-10H,2-3,7-8H2,1H3,(H,18,19). The molecule has 0 bridgehead atoms. The second-order valence-corrected chi connectivity index (χ2v) is 5.52. The molecule has 0 aromatic heterocycles. The van der Waals surface area contributed by atoms with E-state index in [0.29, 0.717) is 10.9 Å². The van der Waals surface area contributed by atoms with Crippen molar-refractivity contribution in [3.63, 3.8) is 0 Å². The third kappa shape index (κ3) is 3.91. The fourth-order valence-electron chi connectivity index (χ4n) is 2.20. The summed E-state index contributed by atoms with van der Waals surface area (Å²) in [5, 5.41) is 9.34. The summed E-state index contributed by atoms with van der Waals surface area (Å²) < 4.78 is 13.1. The van der Waals surface area contributed by atoms with Gasteiger partial charge in [-0.25, -0.2) is 4.39 Å². The number of hydrogen-bond donors (Lipinski definition) is 1. The van der Waals surface area contributed by atoms with Crippen LogP contribution in [0.25, 0.3) is 0 Å². The first kappa shape index (κ1) is 14.3. The molecule has 1 aliphatic carbocycles. The monoisotopic (exact) mass is 285 g/mol. The molecule has 5 heteroatoms. The highest BCUT2D eigenvalue weighted by atomic mass is 35.5. The molecule has 2 rings (SSSR count). The average Bonchev–Trinajstić information content (AvgIpc) is 3.10. The van der Waals surface area contributed by atoms with Gasteiger partial charge in [0, 0.05) is 17.6 Å². The first-order valence-electron chi connectivity index (χ1n) is 6.38. The Hall–Kier alpha value is -1.13. The van der Waals surface area contributed by atoms with Crippen LogP contribution in [0.1, 0.15) is 31.4 Å². The number of nitrogens with zero attached hydrogens (tertiary/aromatic N) is 1.